The Kier molecular flexibility index (Phi) is 5.98. The van der Waals surface area contributed by atoms with Gasteiger partial charge < -0.3 is 15.0 Å². The van der Waals surface area contributed by atoms with Crippen molar-refractivity contribution in [2.75, 3.05) is 17.7 Å². The standard InChI is InChI=1S/C19H23N3O3S/c1-3-9-25-13-7-5-12(6-8-13)14-11-15(23)20-17-16(14)18(24)22-19(21-17)26-10-4-2/h5-8,14H,3-4,9-11H2,1-2H3,(H2,20,21,22,23,24). The van der Waals surface area contributed by atoms with Gasteiger partial charge in [0.1, 0.15) is 11.6 Å². The summed E-state index contributed by atoms with van der Waals surface area (Å²) >= 11 is 1.48. The van der Waals surface area contributed by atoms with Gasteiger partial charge in [0.15, 0.2) is 5.16 Å². The molecule has 7 heteroatoms. The molecule has 0 bridgehead atoms. The lowest BCUT2D eigenvalue weighted by molar-refractivity contribution is -0.116. The van der Waals surface area contributed by atoms with Crippen LogP contribution in [-0.2, 0) is 4.79 Å². The summed E-state index contributed by atoms with van der Waals surface area (Å²) in [4.78, 5) is 32.1. The van der Waals surface area contributed by atoms with Gasteiger partial charge in [0.05, 0.1) is 12.2 Å². The third kappa shape index (κ3) is 4.09. The summed E-state index contributed by atoms with van der Waals surface area (Å²) in [7, 11) is 0. The number of carbonyl (C=O) groups is 1. The van der Waals surface area contributed by atoms with E-state index in [9.17, 15) is 9.59 Å². The van der Waals surface area contributed by atoms with Crippen molar-refractivity contribution in [1.82, 2.24) is 9.97 Å². The van der Waals surface area contributed by atoms with Gasteiger partial charge in [-0.3, -0.25) is 9.59 Å². The summed E-state index contributed by atoms with van der Waals surface area (Å²) in [5, 5.41) is 3.29. The maximum atomic E-state index is 12.7. The van der Waals surface area contributed by atoms with Gasteiger partial charge in [0.25, 0.3) is 5.56 Å². The SMILES string of the molecule is CCCOc1ccc(C2CC(=O)Nc3nc(SCCC)[nH]c(=O)c32)cc1. The lowest BCUT2D eigenvalue weighted by Gasteiger charge is -2.24. The van der Waals surface area contributed by atoms with E-state index >= 15 is 0 Å². The Morgan fingerprint density at radius 1 is 1.19 bits per heavy atom. The normalized spacial score (nSPS) is 16.1. The van der Waals surface area contributed by atoms with Crippen LogP contribution in [-0.4, -0.2) is 28.2 Å². The third-order valence-corrected chi connectivity index (χ3v) is 5.21. The lowest BCUT2D eigenvalue weighted by atomic mass is 9.87. The van der Waals surface area contributed by atoms with E-state index in [1.807, 2.05) is 24.3 Å². The molecule has 1 atom stereocenters. The second kappa shape index (κ2) is 8.40. The number of aromatic amines is 1. The fourth-order valence-electron chi connectivity index (χ4n) is 2.92. The van der Waals surface area contributed by atoms with Crippen LogP contribution in [0.1, 0.15) is 50.2 Å². The minimum absolute atomic E-state index is 0.127. The first-order valence-electron chi connectivity index (χ1n) is 8.92. The van der Waals surface area contributed by atoms with Crippen molar-refractivity contribution in [2.24, 2.45) is 0 Å². The fourth-order valence-corrected chi connectivity index (χ4v) is 3.64. The quantitative estimate of drug-likeness (QED) is 0.573. The van der Waals surface area contributed by atoms with Crippen LogP contribution in [0.5, 0.6) is 5.75 Å². The Labute approximate surface area is 156 Å². The number of fused-ring (bicyclic) bond motifs is 1. The van der Waals surface area contributed by atoms with E-state index in [2.05, 4.69) is 29.1 Å². The van der Waals surface area contributed by atoms with E-state index < -0.39 is 0 Å². The molecule has 2 aromatic rings. The number of H-pyrrole nitrogens is 1. The molecular weight excluding hydrogens is 350 g/mol. The van der Waals surface area contributed by atoms with Gasteiger partial charge in [-0.1, -0.05) is 37.7 Å². The van der Waals surface area contributed by atoms with Crippen LogP contribution in [0.2, 0.25) is 0 Å². The third-order valence-electron chi connectivity index (χ3n) is 4.13. The maximum Gasteiger partial charge on any atom is 0.257 e. The number of rotatable bonds is 7. The second-order valence-corrected chi connectivity index (χ2v) is 7.29. The Hall–Kier alpha value is -2.28. The van der Waals surface area contributed by atoms with E-state index in [1.165, 1.54) is 11.8 Å². The number of ether oxygens (including phenoxy) is 1. The van der Waals surface area contributed by atoms with Crippen molar-refractivity contribution >= 4 is 23.5 Å². The number of hydrogen-bond donors (Lipinski definition) is 2. The molecule has 0 spiro atoms. The highest BCUT2D eigenvalue weighted by Gasteiger charge is 2.30. The van der Waals surface area contributed by atoms with Crippen LogP contribution in [0.25, 0.3) is 0 Å². The average Bonchev–Trinajstić information content (AvgIpc) is 2.64. The molecule has 2 N–H and O–H groups in total. The van der Waals surface area contributed by atoms with Crippen molar-refractivity contribution in [2.45, 2.75) is 44.2 Å². The van der Waals surface area contributed by atoms with Crippen LogP contribution < -0.4 is 15.6 Å². The van der Waals surface area contributed by atoms with Gasteiger partial charge >= 0.3 is 0 Å². The summed E-state index contributed by atoms with van der Waals surface area (Å²) in [5.41, 5.74) is 1.24. The summed E-state index contributed by atoms with van der Waals surface area (Å²) in [6, 6.07) is 7.59. The molecule has 0 saturated heterocycles. The molecule has 0 aliphatic carbocycles. The molecule has 1 aromatic heterocycles. The zero-order chi connectivity index (χ0) is 18.5. The van der Waals surface area contributed by atoms with Crippen molar-refractivity contribution in [3.05, 3.63) is 45.7 Å². The molecule has 0 saturated carbocycles. The summed E-state index contributed by atoms with van der Waals surface area (Å²) < 4.78 is 5.60. The van der Waals surface area contributed by atoms with Crippen LogP contribution >= 0.6 is 11.8 Å². The Bertz CT molecular complexity index is 833. The van der Waals surface area contributed by atoms with Crippen LogP contribution in [0.15, 0.2) is 34.2 Å². The largest absolute Gasteiger partial charge is 0.494 e. The van der Waals surface area contributed by atoms with Crippen molar-refractivity contribution in [1.29, 1.82) is 0 Å². The van der Waals surface area contributed by atoms with Crippen molar-refractivity contribution < 1.29 is 9.53 Å². The molecular formula is C19H23N3O3S. The van der Waals surface area contributed by atoms with E-state index in [1.54, 1.807) is 0 Å². The molecule has 138 valence electrons. The van der Waals surface area contributed by atoms with Crippen molar-refractivity contribution in [3.8, 4) is 5.75 Å². The average molecular weight is 373 g/mol. The number of amides is 1. The first-order chi connectivity index (χ1) is 12.6. The fraction of sp³-hybridized carbons (Fsp3) is 0.421. The maximum absolute atomic E-state index is 12.7. The number of hydrogen-bond acceptors (Lipinski definition) is 5. The first-order valence-corrected chi connectivity index (χ1v) is 9.90. The molecule has 6 nitrogen and oxygen atoms in total. The predicted molar refractivity (Wildman–Crippen MR) is 103 cm³/mol. The number of benzene rings is 1. The second-order valence-electron chi connectivity index (χ2n) is 6.20. The molecule has 1 aromatic carbocycles. The van der Waals surface area contributed by atoms with E-state index in [4.69, 9.17) is 4.74 Å². The Morgan fingerprint density at radius 2 is 1.96 bits per heavy atom. The lowest BCUT2D eigenvalue weighted by Crippen LogP contribution is -2.31. The topological polar surface area (TPSA) is 84.1 Å². The van der Waals surface area contributed by atoms with Gasteiger partial charge in [0.2, 0.25) is 5.91 Å². The van der Waals surface area contributed by atoms with Crippen LogP contribution in [0, 0.1) is 0 Å². The smallest absolute Gasteiger partial charge is 0.257 e. The number of thioether (sulfide) groups is 1. The number of anilines is 1. The highest BCUT2D eigenvalue weighted by molar-refractivity contribution is 7.99. The number of nitrogens with one attached hydrogen (secondary N) is 2. The molecule has 26 heavy (non-hydrogen) atoms. The molecule has 1 unspecified atom stereocenters. The number of aromatic nitrogens is 2. The molecule has 0 fully saturated rings. The zero-order valence-corrected chi connectivity index (χ0v) is 15.8. The summed E-state index contributed by atoms with van der Waals surface area (Å²) in [6.45, 7) is 4.78. The Morgan fingerprint density at radius 3 is 2.65 bits per heavy atom. The van der Waals surface area contributed by atoms with E-state index in [-0.39, 0.29) is 23.8 Å². The molecule has 1 aliphatic heterocycles. The molecule has 1 amide bonds. The van der Waals surface area contributed by atoms with Gasteiger partial charge in [-0.2, -0.15) is 0 Å². The Balaban J connectivity index is 1.93. The molecule has 1 aliphatic rings. The van der Waals surface area contributed by atoms with Gasteiger partial charge in [-0.25, -0.2) is 4.98 Å². The molecule has 3 rings (SSSR count). The van der Waals surface area contributed by atoms with E-state index in [0.717, 1.165) is 29.9 Å². The number of carbonyl (C=O) groups excluding carboxylic acids is 1. The highest BCUT2D eigenvalue weighted by atomic mass is 32.2. The molecule has 2 heterocycles. The summed E-state index contributed by atoms with van der Waals surface area (Å²) in [6.07, 6.45) is 2.15. The van der Waals surface area contributed by atoms with Gasteiger partial charge in [-0.05, 0) is 30.5 Å². The van der Waals surface area contributed by atoms with Crippen molar-refractivity contribution in [3.63, 3.8) is 0 Å². The highest BCUT2D eigenvalue weighted by Crippen LogP contribution is 2.35. The summed E-state index contributed by atoms with van der Waals surface area (Å²) in [5.74, 6) is 1.59. The van der Waals surface area contributed by atoms with Gasteiger partial charge in [0, 0.05) is 18.1 Å². The van der Waals surface area contributed by atoms with Crippen LogP contribution in [0.4, 0.5) is 5.82 Å². The predicted octanol–water partition coefficient (Wildman–Crippen LogP) is 3.53. The minimum atomic E-state index is -0.305. The van der Waals surface area contributed by atoms with E-state index in [0.29, 0.717) is 23.1 Å². The van der Waals surface area contributed by atoms with Gasteiger partial charge in [-0.15, -0.1) is 0 Å². The molecule has 0 radical (unpaired) electrons. The first kappa shape index (κ1) is 18.5. The monoisotopic (exact) mass is 373 g/mol. The number of nitrogens with zero attached hydrogens (tertiary/aromatic N) is 1. The minimum Gasteiger partial charge on any atom is -0.494 e. The zero-order valence-electron chi connectivity index (χ0n) is 15.0. The van der Waals surface area contributed by atoms with Crippen LogP contribution in [0.3, 0.4) is 0 Å².